The van der Waals surface area contributed by atoms with Crippen LogP contribution in [-0.4, -0.2) is 37.1 Å². The number of carbonyl (C=O) groups excluding carboxylic acids is 1. The van der Waals surface area contributed by atoms with Gasteiger partial charge in [-0.2, -0.15) is 0 Å². The van der Waals surface area contributed by atoms with E-state index in [1.54, 1.807) is 11.3 Å². The van der Waals surface area contributed by atoms with E-state index in [0.717, 1.165) is 57.9 Å². The fourth-order valence-electron chi connectivity index (χ4n) is 3.80. The molecule has 1 aromatic heterocycles. The van der Waals surface area contributed by atoms with E-state index in [1.807, 2.05) is 37.3 Å². The van der Waals surface area contributed by atoms with Crippen molar-refractivity contribution in [1.29, 1.82) is 0 Å². The van der Waals surface area contributed by atoms with Crippen LogP contribution in [0.3, 0.4) is 0 Å². The Labute approximate surface area is 189 Å². The number of nitrogens with zero attached hydrogens (tertiary/aromatic N) is 2. The second kappa shape index (κ2) is 9.79. The molecule has 4 rings (SSSR count). The maximum absolute atomic E-state index is 12.7. The first-order valence-corrected chi connectivity index (χ1v) is 12.0. The Morgan fingerprint density at radius 2 is 2.17 bits per heavy atom. The van der Waals surface area contributed by atoms with Gasteiger partial charge in [0.2, 0.25) is 5.91 Å². The molecule has 2 aromatic carbocycles. The third kappa shape index (κ3) is 4.95. The first-order valence-electron chi connectivity index (χ1n) is 10.4. The number of anilines is 1. The number of hydrogen-bond donors (Lipinski definition) is 1. The lowest BCUT2D eigenvalue weighted by molar-refractivity contribution is -0.125. The summed E-state index contributed by atoms with van der Waals surface area (Å²) in [6.07, 6.45) is 2.79. The van der Waals surface area contributed by atoms with Gasteiger partial charge in [0.05, 0.1) is 27.2 Å². The molecule has 0 aliphatic carbocycles. The van der Waals surface area contributed by atoms with E-state index in [0.29, 0.717) is 13.2 Å². The van der Waals surface area contributed by atoms with Crippen molar-refractivity contribution in [2.45, 2.75) is 26.2 Å². The molecule has 1 amide bonds. The van der Waals surface area contributed by atoms with Crippen LogP contribution < -0.4 is 15.0 Å². The highest BCUT2D eigenvalue weighted by atomic mass is 79.9. The highest BCUT2D eigenvalue weighted by Gasteiger charge is 2.27. The summed E-state index contributed by atoms with van der Waals surface area (Å²) >= 11 is 5.23. The van der Waals surface area contributed by atoms with E-state index < -0.39 is 0 Å². The highest BCUT2D eigenvalue weighted by molar-refractivity contribution is 9.10. The number of carbonyl (C=O) groups is 1. The van der Waals surface area contributed by atoms with E-state index in [2.05, 4.69) is 38.3 Å². The minimum Gasteiger partial charge on any atom is -0.493 e. The number of thiazole rings is 1. The summed E-state index contributed by atoms with van der Waals surface area (Å²) in [5.74, 6) is 1.000. The minimum absolute atomic E-state index is 0.00672. The van der Waals surface area contributed by atoms with Gasteiger partial charge in [0.15, 0.2) is 5.13 Å². The van der Waals surface area contributed by atoms with Crippen LogP contribution in [0.15, 0.2) is 46.9 Å². The van der Waals surface area contributed by atoms with Crippen LogP contribution in [0.5, 0.6) is 5.75 Å². The van der Waals surface area contributed by atoms with Crippen LogP contribution in [0.25, 0.3) is 10.2 Å². The Balaban J connectivity index is 1.39. The van der Waals surface area contributed by atoms with Gasteiger partial charge in [-0.15, -0.1) is 0 Å². The number of fused-ring (bicyclic) bond motifs is 1. The second-order valence-electron chi connectivity index (χ2n) is 7.49. The molecule has 5 nitrogen and oxygen atoms in total. The summed E-state index contributed by atoms with van der Waals surface area (Å²) in [6.45, 7) is 4.94. The average molecular weight is 488 g/mol. The van der Waals surface area contributed by atoms with Crippen molar-refractivity contribution in [2.75, 3.05) is 31.1 Å². The van der Waals surface area contributed by atoms with Crippen molar-refractivity contribution < 1.29 is 9.53 Å². The van der Waals surface area contributed by atoms with Crippen LogP contribution in [0.4, 0.5) is 5.13 Å². The number of amides is 1. The molecule has 1 atom stereocenters. The summed E-state index contributed by atoms with van der Waals surface area (Å²) in [5, 5.41) is 4.10. The predicted octanol–water partition coefficient (Wildman–Crippen LogP) is 5.03. The van der Waals surface area contributed by atoms with E-state index >= 15 is 0 Å². The first kappa shape index (κ1) is 21.1. The maximum Gasteiger partial charge on any atom is 0.224 e. The zero-order chi connectivity index (χ0) is 20.9. The van der Waals surface area contributed by atoms with Gasteiger partial charge in [0.1, 0.15) is 5.75 Å². The standard InChI is InChI=1S/C23H26BrN3O2S/c1-2-29-20-14-21-19(13-18(20)24)26-23(30-21)27-12-6-9-17(15-27)22(28)25-11-10-16-7-4-3-5-8-16/h3-5,7-8,13-14,17H,2,6,9-12,15H2,1H3,(H,25,28)/t17-/m0/s1. The third-order valence-corrected chi connectivity index (χ3v) is 7.05. The average Bonchev–Trinajstić information content (AvgIpc) is 3.18. The van der Waals surface area contributed by atoms with E-state index in [4.69, 9.17) is 9.72 Å². The second-order valence-corrected chi connectivity index (χ2v) is 9.36. The van der Waals surface area contributed by atoms with E-state index in [-0.39, 0.29) is 11.8 Å². The molecule has 158 valence electrons. The number of benzene rings is 2. The lowest BCUT2D eigenvalue weighted by Gasteiger charge is -2.31. The lowest BCUT2D eigenvalue weighted by atomic mass is 9.97. The largest absolute Gasteiger partial charge is 0.493 e. The Morgan fingerprint density at radius 3 is 2.97 bits per heavy atom. The van der Waals surface area contributed by atoms with Gasteiger partial charge in [-0.3, -0.25) is 4.79 Å². The molecule has 1 aliphatic rings. The summed E-state index contributed by atoms with van der Waals surface area (Å²) in [5.41, 5.74) is 2.20. The molecule has 2 heterocycles. The van der Waals surface area contributed by atoms with E-state index in [1.165, 1.54) is 5.56 Å². The molecule has 1 N–H and O–H groups in total. The fourth-order valence-corrected chi connectivity index (χ4v) is 5.26. The number of piperidine rings is 1. The van der Waals surface area contributed by atoms with Crippen LogP contribution in [0.1, 0.15) is 25.3 Å². The molecular formula is C23H26BrN3O2S. The maximum atomic E-state index is 12.7. The number of ether oxygens (including phenoxy) is 1. The van der Waals surface area contributed by atoms with Crippen molar-refractivity contribution in [3.63, 3.8) is 0 Å². The van der Waals surface area contributed by atoms with Gasteiger partial charge in [0.25, 0.3) is 0 Å². The molecule has 1 fully saturated rings. The Kier molecular flexibility index (Phi) is 6.89. The van der Waals surface area contributed by atoms with Crippen molar-refractivity contribution in [1.82, 2.24) is 10.3 Å². The van der Waals surface area contributed by atoms with Gasteiger partial charge >= 0.3 is 0 Å². The van der Waals surface area contributed by atoms with Crippen molar-refractivity contribution >= 4 is 48.5 Å². The molecule has 0 unspecified atom stereocenters. The van der Waals surface area contributed by atoms with Crippen LogP contribution in [0.2, 0.25) is 0 Å². The Hall–Kier alpha value is -2.12. The topological polar surface area (TPSA) is 54.5 Å². The molecule has 1 saturated heterocycles. The number of hydrogen-bond acceptors (Lipinski definition) is 5. The SMILES string of the molecule is CCOc1cc2sc(N3CCC[C@H](C(=O)NCCc4ccccc4)C3)nc2cc1Br. The number of rotatable bonds is 7. The Morgan fingerprint density at radius 1 is 1.33 bits per heavy atom. The molecule has 3 aromatic rings. The smallest absolute Gasteiger partial charge is 0.224 e. The number of nitrogens with one attached hydrogen (secondary N) is 1. The van der Waals surface area contributed by atoms with Crippen molar-refractivity contribution in [2.24, 2.45) is 5.92 Å². The Bertz CT molecular complexity index is 1010. The van der Waals surface area contributed by atoms with Gasteiger partial charge in [-0.25, -0.2) is 4.98 Å². The van der Waals surface area contributed by atoms with Gasteiger partial charge in [-0.1, -0.05) is 41.7 Å². The van der Waals surface area contributed by atoms with Gasteiger partial charge in [-0.05, 0) is 53.7 Å². The first-order chi connectivity index (χ1) is 14.6. The lowest BCUT2D eigenvalue weighted by Crippen LogP contribution is -2.43. The highest BCUT2D eigenvalue weighted by Crippen LogP contribution is 2.37. The normalized spacial score (nSPS) is 16.6. The number of halogens is 1. The zero-order valence-corrected chi connectivity index (χ0v) is 19.5. The van der Waals surface area contributed by atoms with Gasteiger partial charge in [0, 0.05) is 25.7 Å². The predicted molar refractivity (Wildman–Crippen MR) is 127 cm³/mol. The molecular weight excluding hydrogens is 462 g/mol. The molecule has 0 saturated carbocycles. The quantitative estimate of drug-likeness (QED) is 0.507. The summed E-state index contributed by atoms with van der Waals surface area (Å²) in [6, 6.07) is 14.3. The molecule has 7 heteroatoms. The van der Waals surface area contributed by atoms with Crippen LogP contribution >= 0.6 is 27.3 Å². The number of aromatic nitrogens is 1. The van der Waals surface area contributed by atoms with Gasteiger partial charge < -0.3 is 15.0 Å². The molecule has 0 bridgehead atoms. The minimum atomic E-state index is 0.00672. The monoisotopic (exact) mass is 487 g/mol. The molecule has 0 radical (unpaired) electrons. The van der Waals surface area contributed by atoms with Crippen molar-refractivity contribution in [3.05, 3.63) is 52.5 Å². The summed E-state index contributed by atoms with van der Waals surface area (Å²) in [7, 11) is 0. The molecule has 1 aliphatic heterocycles. The molecule has 30 heavy (non-hydrogen) atoms. The fraction of sp³-hybridized carbons (Fsp3) is 0.391. The third-order valence-electron chi connectivity index (χ3n) is 5.35. The zero-order valence-electron chi connectivity index (χ0n) is 17.1. The van der Waals surface area contributed by atoms with Crippen LogP contribution in [0, 0.1) is 5.92 Å². The summed E-state index contributed by atoms with van der Waals surface area (Å²) < 4.78 is 7.71. The van der Waals surface area contributed by atoms with Crippen molar-refractivity contribution in [3.8, 4) is 5.75 Å². The van der Waals surface area contributed by atoms with E-state index in [9.17, 15) is 4.79 Å². The molecule has 0 spiro atoms. The van der Waals surface area contributed by atoms with Crippen LogP contribution in [-0.2, 0) is 11.2 Å². The summed E-state index contributed by atoms with van der Waals surface area (Å²) in [4.78, 5) is 19.8.